The van der Waals surface area contributed by atoms with Crippen molar-refractivity contribution in [2.24, 2.45) is 11.5 Å². The van der Waals surface area contributed by atoms with Crippen molar-refractivity contribution in [2.75, 3.05) is 0 Å². The molecule has 1 heterocycles. The molecule has 0 saturated carbocycles. The zero-order valence-electron chi connectivity index (χ0n) is 12.2. The molecule has 1 aromatic rings. The van der Waals surface area contributed by atoms with Crippen LogP contribution in [-0.2, 0) is 16.1 Å². The standard InChI is InChI=1S/C11H18N6O6/c1-4(18)8(10(20)21)16-11(22)14-3-7-15-9(17-23-7)5(12)2-6(13)19/h4-5,8,18H,2-3,12H2,1H3,(H2,13,19)(H,20,21)(H2,14,16,22)/t4?,5-,8?/m0/s1. The summed E-state index contributed by atoms with van der Waals surface area (Å²) in [7, 11) is 0. The van der Waals surface area contributed by atoms with Crippen molar-refractivity contribution in [3.8, 4) is 0 Å². The van der Waals surface area contributed by atoms with E-state index in [1.807, 2.05) is 0 Å². The molecule has 1 aromatic heterocycles. The summed E-state index contributed by atoms with van der Waals surface area (Å²) in [6, 6.07) is -3.14. The van der Waals surface area contributed by atoms with E-state index < -0.39 is 36.1 Å². The minimum Gasteiger partial charge on any atom is -0.480 e. The van der Waals surface area contributed by atoms with Crippen molar-refractivity contribution in [1.82, 2.24) is 20.8 Å². The van der Waals surface area contributed by atoms with Gasteiger partial charge in [0.05, 0.1) is 18.7 Å². The van der Waals surface area contributed by atoms with Crippen LogP contribution in [0.4, 0.5) is 4.79 Å². The van der Waals surface area contributed by atoms with Crippen molar-refractivity contribution < 1.29 is 29.1 Å². The zero-order chi connectivity index (χ0) is 17.6. The quantitative estimate of drug-likeness (QED) is 0.299. The topological polar surface area (TPSA) is 207 Å². The Balaban J connectivity index is 2.52. The molecular weight excluding hydrogens is 312 g/mol. The first-order chi connectivity index (χ1) is 10.7. The van der Waals surface area contributed by atoms with E-state index in [1.54, 1.807) is 0 Å². The number of carboxylic acids is 1. The number of carbonyl (C=O) groups excluding carboxylic acids is 2. The Morgan fingerprint density at radius 1 is 1.39 bits per heavy atom. The van der Waals surface area contributed by atoms with Gasteiger partial charge in [0.15, 0.2) is 11.9 Å². The van der Waals surface area contributed by atoms with Gasteiger partial charge in [-0.15, -0.1) is 0 Å². The number of aromatic nitrogens is 2. The number of nitrogens with two attached hydrogens (primary N) is 2. The van der Waals surface area contributed by atoms with Gasteiger partial charge in [-0.25, -0.2) is 9.59 Å². The summed E-state index contributed by atoms with van der Waals surface area (Å²) < 4.78 is 4.82. The van der Waals surface area contributed by atoms with Gasteiger partial charge < -0.3 is 36.8 Å². The van der Waals surface area contributed by atoms with Crippen LogP contribution in [0.2, 0.25) is 0 Å². The lowest BCUT2D eigenvalue weighted by molar-refractivity contribution is -0.141. The van der Waals surface area contributed by atoms with Crippen molar-refractivity contribution >= 4 is 17.9 Å². The van der Waals surface area contributed by atoms with Gasteiger partial charge in [0.25, 0.3) is 0 Å². The first kappa shape index (κ1) is 18.3. The van der Waals surface area contributed by atoms with E-state index in [2.05, 4.69) is 20.8 Å². The SMILES string of the molecule is CC(O)C(NC(=O)NCc1nc([C@@H](N)CC(N)=O)no1)C(=O)O. The molecular formula is C11H18N6O6. The molecule has 0 radical (unpaired) electrons. The Morgan fingerprint density at radius 3 is 2.57 bits per heavy atom. The minimum absolute atomic E-state index is 0.000933. The highest BCUT2D eigenvalue weighted by Crippen LogP contribution is 2.09. The highest BCUT2D eigenvalue weighted by atomic mass is 16.5. The third kappa shape index (κ3) is 5.88. The van der Waals surface area contributed by atoms with E-state index in [4.69, 9.17) is 21.1 Å². The summed E-state index contributed by atoms with van der Waals surface area (Å²) in [6.07, 6.45) is -1.44. The number of rotatable bonds is 8. The fourth-order valence-electron chi connectivity index (χ4n) is 1.54. The van der Waals surface area contributed by atoms with Crippen LogP contribution in [0.1, 0.15) is 31.1 Å². The smallest absolute Gasteiger partial charge is 0.328 e. The number of aliphatic hydroxyl groups excluding tert-OH is 1. The fraction of sp³-hybridized carbons (Fsp3) is 0.545. The lowest BCUT2D eigenvalue weighted by Gasteiger charge is -2.16. The summed E-state index contributed by atoms with van der Waals surface area (Å²) in [6.45, 7) is 1.03. The fourth-order valence-corrected chi connectivity index (χ4v) is 1.54. The Bertz CT molecular complexity index is 573. The number of urea groups is 1. The second-order valence-electron chi connectivity index (χ2n) is 4.71. The number of primary amides is 1. The molecule has 23 heavy (non-hydrogen) atoms. The molecule has 8 N–H and O–H groups in total. The Labute approximate surface area is 130 Å². The van der Waals surface area contributed by atoms with Crippen LogP contribution in [-0.4, -0.2) is 50.4 Å². The Kier molecular flexibility index (Phi) is 6.41. The summed E-state index contributed by atoms with van der Waals surface area (Å²) in [5.41, 5.74) is 10.6. The van der Waals surface area contributed by atoms with Gasteiger partial charge in [0.2, 0.25) is 11.8 Å². The number of hydrogen-bond donors (Lipinski definition) is 6. The van der Waals surface area contributed by atoms with E-state index in [0.717, 1.165) is 0 Å². The number of carbonyl (C=O) groups is 3. The van der Waals surface area contributed by atoms with E-state index in [9.17, 15) is 19.5 Å². The average molecular weight is 330 g/mol. The Morgan fingerprint density at radius 2 is 2.04 bits per heavy atom. The third-order valence-corrected chi connectivity index (χ3v) is 2.67. The van der Waals surface area contributed by atoms with E-state index >= 15 is 0 Å². The number of amides is 3. The highest BCUT2D eigenvalue weighted by molar-refractivity contribution is 5.82. The van der Waals surface area contributed by atoms with Crippen molar-refractivity contribution in [3.63, 3.8) is 0 Å². The van der Waals surface area contributed by atoms with Gasteiger partial charge in [0, 0.05) is 6.42 Å². The molecule has 12 heteroatoms. The first-order valence-corrected chi connectivity index (χ1v) is 6.52. The molecule has 128 valence electrons. The predicted octanol–water partition coefficient (Wildman–Crippen LogP) is -2.42. The van der Waals surface area contributed by atoms with Gasteiger partial charge >= 0.3 is 12.0 Å². The summed E-state index contributed by atoms with van der Waals surface area (Å²) in [4.78, 5) is 37.0. The maximum atomic E-state index is 11.5. The van der Waals surface area contributed by atoms with Gasteiger partial charge in [-0.3, -0.25) is 4.79 Å². The van der Waals surface area contributed by atoms with Crippen molar-refractivity contribution in [1.29, 1.82) is 0 Å². The van der Waals surface area contributed by atoms with E-state index in [0.29, 0.717) is 0 Å². The second-order valence-corrected chi connectivity index (χ2v) is 4.71. The van der Waals surface area contributed by atoms with Crippen LogP contribution in [0.3, 0.4) is 0 Å². The molecule has 0 aliphatic carbocycles. The number of nitrogens with one attached hydrogen (secondary N) is 2. The minimum atomic E-state index is -1.46. The number of aliphatic carboxylic acids is 1. The largest absolute Gasteiger partial charge is 0.480 e. The number of nitrogens with zero attached hydrogens (tertiary/aromatic N) is 2. The van der Waals surface area contributed by atoms with Crippen LogP contribution < -0.4 is 22.1 Å². The second kappa shape index (κ2) is 8.05. The lowest BCUT2D eigenvalue weighted by atomic mass is 10.2. The van der Waals surface area contributed by atoms with Crippen molar-refractivity contribution in [2.45, 2.75) is 38.1 Å². The van der Waals surface area contributed by atoms with Gasteiger partial charge in [0.1, 0.15) is 0 Å². The molecule has 1 rings (SSSR count). The molecule has 0 bridgehead atoms. The molecule has 3 amide bonds. The van der Waals surface area contributed by atoms with Crippen molar-refractivity contribution in [3.05, 3.63) is 11.7 Å². The number of carboxylic acid groups (broad SMARTS) is 1. The van der Waals surface area contributed by atoms with Crippen LogP contribution in [0, 0.1) is 0 Å². The zero-order valence-corrected chi connectivity index (χ0v) is 12.2. The molecule has 0 fully saturated rings. The molecule has 2 unspecified atom stereocenters. The van der Waals surface area contributed by atoms with Crippen LogP contribution >= 0.6 is 0 Å². The van der Waals surface area contributed by atoms with E-state index in [-0.39, 0.29) is 24.7 Å². The average Bonchev–Trinajstić information content (AvgIpc) is 2.90. The van der Waals surface area contributed by atoms with Gasteiger partial charge in [-0.1, -0.05) is 5.16 Å². The normalized spacial score (nSPS) is 14.6. The molecule has 12 nitrogen and oxygen atoms in total. The predicted molar refractivity (Wildman–Crippen MR) is 73.5 cm³/mol. The summed E-state index contributed by atoms with van der Waals surface area (Å²) >= 11 is 0. The van der Waals surface area contributed by atoms with E-state index in [1.165, 1.54) is 6.92 Å². The van der Waals surface area contributed by atoms with Gasteiger partial charge in [-0.05, 0) is 6.92 Å². The highest BCUT2D eigenvalue weighted by Gasteiger charge is 2.25. The molecule has 0 aromatic carbocycles. The van der Waals surface area contributed by atoms with Crippen LogP contribution in [0.15, 0.2) is 4.52 Å². The van der Waals surface area contributed by atoms with Crippen LogP contribution in [0.25, 0.3) is 0 Å². The first-order valence-electron chi connectivity index (χ1n) is 6.52. The lowest BCUT2D eigenvalue weighted by Crippen LogP contribution is -2.51. The Hall–Kier alpha value is -2.73. The maximum Gasteiger partial charge on any atom is 0.328 e. The number of hydrogen-bond acceptors (Lipinski definition) is 8. The summed E-state index contributed by atoms with van der Waals surface area (Å²) in [5.74, 6) is -1.96. The maximum absolute atomic E-state index is 11.5. The molecule has 3 atom stereocenters. The number of aliphatic hydroxyl groups is 1. The molecule has 0 saturated heterocycles. The molecule has 0 aliphatic rings. The molecule has 0 aliphatic heterocycles. The van der Waals surface area contributed by atoms with Crippen LogP contribution in [0.5, 0.6) is 0 Å². The monoisotopic (exact) mass is 330 g/mol. The van der Waals surface area contributed by atoms with Gasteiger partial charge in [-0.2, -0.15) is 4.98 Å². The third-order valence-electron chi connectivity index (χ3n) is 2.67. The summed E-state index contributed by atoms with van der Waals surface area (Å²) in [5, 5.41) is 25.9. The molecule has 0 spiro atoms.